The second-order valence-electron chi connectivity index (χ2n) is 8.10. The minimum Gasteiger partial charge on any atom is -0.325 e. The van der Waals surface area contributed by atoms with Crippen molar-refractivity contribution in [3.8, 4) is 0 Å². The van der Waals surface area contributed by atoms with Crippen LogP contribution in [-0.4, -0.2) is 11.8 Å². The highest BCUT2D eigenvalue weighted by Gasteiger charge is 2.31. The molecule has 156 valence electrons. The Morgan fingerprint density at radius 3 is 1.34 bits per heavy atom. The van der Waals surface area contributed by atoms with Crippen molar-refractivity contribution in [2.75, 3.05) is 10.6 Å². The van der Waals surface area contributed by atoms with E-state index in [2.05, 4.69) is 36.6 Å². The third kappa shape index (κ3) is 4.44. The van der Waals surface area contributed by atoms with E-state index in [0.717, 1.165) is 33.4 Å². The maximum atomic E-state index is 11.5. The Morgan fingerprint density at radius 2 is 1.07 bits per heavy atom. The van der Waals surface area contributed by atoms with Crippen molar-refractivity contribution >= 4 is 46.4 Å². The predicted molar refractivity (Wildman–Crippen MR) is 123 cm³/mol. The number of amides is 2. The standard InChI is InChI=1S/C23H28Cl2N2O2/c1-11-9-17(13(3)19(24)21(11)26-15(5)28)23(7,8)18-10-12(2)22(27-16(6)29)20(25)14(18)4/h9-10H,1-8H3,(H,26,28)(H,27,29). The predicted octanol–water partition coefficient (Wildman–Crippen LogP) is 6.47. The van der Waals surface area contributed by atoms with Gasteiger partial charge in [-0.3, -0.25) is 9.59 Å². The smallest absolute Gasteiger partial charge is 0.221 e. The second kappa shape index (κ2) is 8.37. The Morgan fingerprint density at radius 1 is 0.759 bits per heavy atom. The fourth-order valence-corrected chi connectivity index (χ4v) is 4.45. The van der Waals surface area contributed by atoms with E-state index in [-0.39, 0.29) is 11.8 Å². The second-order valence-corrected chi connectivity index (χ2v) is 8.85. The zero-order valence-corrected chi connectivity index (χ0v) is 19.7. The van der Waals surface area contributed by atoms with Crippen molar-refractivity contribution in [1.29, 1.82) is 0 Å². The number of anilines is 2. The Balaban J connectivity index is 2.71. The summed E-state index contributed by atoms with van der Waals surface area (Å²) in [5, 5.41) is 6.73. The molecule has 0 heterocycles. The highest BCUT2D eigenvalue weighted by Crippen LogP contribution is 2.44. The van der Waals surface area contributed by atoms with Gasteiger partial charge in [0.1, 0.15) is 0 Å². The van der Waals surface area contributed by atoms with Gasteiger partial charge in [0.25, 0.3) is 0 Å². The maximum Gasteiger partial charge on any atom is 0.221 e. The van der Waals surface area contributed by atoms with Gasteiger partial charge in [-0.05, 0) is 61.1 Å². The van der Waals surface area contributed by atoms with Crippen molar-refractivity contribution in [2.24, 2.45) is 0 Å². The summed E-state index contributed by atoms with van der Waals surface area (Å²) in [6.07, 6.45) is 0. The van der Waals surface area contributed by atoms with Crippen LogP contribution in [0.1, 0.15) is 61.1 Å². The van der Waals surface area contributed by atoms with Crippen LogP contribution in [0.5, 0.6) is 0 Å². The molecule has 0 aromatic heterocycles. The van der Waals surface area contributed by atoms with Crippen molar-refractivity contribution in [3.05, 3.63) is 55.6 Å². The van der Waals surface area contributed by atoms with Gasteiger partial charge in [-0.25, -0.2) is 0 Å². The SMILES string of the molecule is CC(=O)Nc1c(C)cc(C(C)(C)c2cc(C)c(NC(C)=O)c(Cl)c2C)c(C)c1Cl. The van der Waals surface area contributed by atoms with Gasteiger partial charge in [-0.1, -0.05) is 49.2 Å². The largest absolute Gasteiger partial charge is 0.325 e. The van der Waals surface area contributed by atoms with Gasteiger partial charge >= 0.3 is 0 Å². The van der Waals surface area contributed by atoms with E-state index in [9.17, 15) is 9.59 Å². The van der Waals surface area contributed by atoms with E-state index >= 15 is 0 Å². The molecule has 2 amide bonds. The van der Waals surface area contributed by atoms with E-state index in [4.69, 9.17) is 23.2 Å². The van der Waals surface area contributed by atoms with E-state index in [0.29, 0.717) is 21.4 Å². The fraction of sp³-hybridized carbons (Fsp3) is 0.391. The Kier molecular flexibility index (Phi) is 6.71. The molecule has 2 N–H and O–H groups in total. The Hall–Kier alpha value is -2.04. The van der Waals surface area contributed by atoms with Gasteiger partial charge in [0.15, 0.2) is 0 Å². The molecule has 0 radical (unpaired) electrons. The Bertz CT molecular complexity index is 931. The zero-order valence-electron chi connectivity index (χ0n) is 18.2. The first-order valence-corrected chi connectivity index (χ1v) is 10.2. The molecular formula is C23H28Cl2N2O2. The van der Waals surface area contributed by atoms with Gasteiger partial charge in [0, 0.05) is 19.3 Å². The molecule has 4 nitrogen and oxygen atoms in total. The number of hydrogen-bond acceptors (Lipinski definition) is 2. The van der Waals surface area contributed by atoms with Crippen LogP contribution in [0.4, 0.5) is 11.4 Å². The van der Waals surface area contributed by atoms with E-state index in [1.165, 1.54) is 13.8 Å². The van der Waals surface area contributed by atoms with Gasteiger partial charge in [-0.15, -0.1) is 0 Å². The third-order valence-corrected chi connectivity index (χ3v) is 6.31. The van der Waals surface area contributed by atoms with E-state index < -0.39 is 5.41 Å². The molecule has 0 saturated heterocycles. The zero-order chi connectivity index (χ0) is 22.3. The number of carbonyl (C=O) groups is 2. The first-order valence-electron chi connectivity index (χ1n) is 9.44. The summed E-state index contributed by atoms with van der Waals surface area (Å²) in [7, 11) is 0. The lowest BCUT2D eigenvalue weighted by Crippen LogP contribution is -2.23. The number of benzene rings is 2. The molecule has 0 aliphatic rings. The van der Waals surface area contributed by atoms with Crippen molar-refractivity contribution in [2.45, 2.75) is 60.8 Å². The first-order chi connectivity index (χ1) is 13.3. The van der Waals surface area contributed by atoms with Crippen molar-refractivity contribution < 1.29 is 9.59 Å². The van der Waals surface area contributed by atoms with Crippen LogP contribution >= 0.6 is 23.2 Å². The van der Waals surface area contributed by atoms with Crippen LogP contribution < -0.4 is 10.6 Å². The molecule has 0 bridgehead atoms. The summed E-state index contributed by atoms with van der Waals surface area (Å²) in [5.74, 6) is -0.318. The molecule has 29 heavy (non-hydrogen) atoms. The minimum atomic E-state index is -0.402. The molecule has 2 aromatic rings. The van der Waals surface area contributed by atoms with Gasteiger partial charge in [0.2, 0.25) is 11.8 Å². The lowest BCUT2D eigenvalue weighted by molar-refractivity contribution is -0.115. The number of nitrogens with one attached hydrogen (secondary N) is 2. The summed E-state index contributed by atoms with van der Waals surface area (Å²) in [6, 6.07) is 4.13. The molecule has 6 heteroatoms. The lowest BCUT2D eigenvalue weighted by Gasteiger charge is -2.32. The average Bonchev–Trinajstić information content (AvgIpc) is 2.61. The lowest BCUT2D eigenvalue weighted by atomic mass is 9.73. The van der Waals surface area contributed by atoms with Crippen molar-refractivity contribution in [3.63, 3.8) is 0 Å². The van der Waals surface area contributed by atoms with Gasteiger partial charge in [0.05, 0.1) is 21.4 Å². The summed E-state index contributed by atoms with van der Waals surface area (Å²) in [5.41, 5.74) is 6.60. The molecule has 0 unspecified atom stereocenters. The molecule has 0 saturated carbocycles. The number of rotatable bonds is 4. The monoisotopic (exact) mass is 434 g/mol. The molecular weight excluding hydrogens is 407 g/mol. The first kappa shape index (κ1) is 23.2. The van der Waals surface area contributed by atoms with E-state index in [1.807, 2.05) is 27.7 Å². The molecule has 0 fully saturated rings. The highest BCUT2D eigenvalue weighted by molar-refractivity contribution is 6.35. The quantitative estimate of drug-likeness (QED) is 0.578. The summed E-state index contributed by atoms with van der Waals surface area (Å²) < 4.78 is 0. The molecule has 0 atom stereocenters. The molecule has 0 spiro atoms. The molecule has 2 aromatic carbocycles. The topological polar surface area (TPSA) is 58.2 Å². The van der Waals surface area contributed by atoms with E-state index in [1.54, 1.807) is 0 Å². The van der Waals surface area contributed by atoms with Crippen LogP contribution in [0.2, 0.25) is 10.0 Å². The van der Waals surface area contributed by atoms with Crippen LogP contribution in [0, 0.1) is 27.7 Å². The normalized spacial score (nSPS) is 11.4. The summed E-state index contributed by atoms with van der Waals surface area (Å²) in [6.45, 7) is 15.0. The minimum absolute atomic E-state index is 0.159. The highest BCUT2D eigenvalue weighted by atomic mass is 35.5. The third-order valence-electron chi connectivity index (χ3n) is 5.36. The van der Waals surface area contributed by atoms with Crippen molar-refractivity contribution in [1.82, 2.24) is 0 Å². The number of hydrogen-bond donors (Lipinski definition) is 2. The maximum absolute atomic E-state index is 11.5. The van der Waals surface area contributed by atoms with Crippen LogP contribution in [0.3, 0.4) is 0 Å². The average molecular weight is 435 g/mol. The van der Waals surface area contributed by atoms with Crippen LogP contribution in [-0.2, 0) is 15.0 Å². The molecule has 0 aliphatic carbocycles. The van der Waals surface area contributed by atoms with Gasteiger partial charge in [-0.2, -0.15) is 0 Å². The molecule has 0 aliphatic heterocycles. The van der Waals surface area contributed by atoms with Crippen LogP contribution in [0.25, 0.3) is 0 Å². The fourth-order valence-electron chi connectivity index (χ4n) is 3.85. The molecule has 2 rings (SSSR count). The number of halogens is 2. The number of carbonyl (C=O) groups excluding carboxylic acids is 2. The summed E-state index contributed by atoms with van der Waals surface area (Å²) in [4.78, 5) is 23.1. The summed E-state index contributed by atoms with van der Waals surface area (Å²) >= 11 is 13.3. The Labute approximate surface area is 183 Å². The van der Waals surface area contributed by atoms with Crippen LogP contribution in [0.15, 0.2) is 12.1 Å². The number of aryl methyl sites for hydroxylation is 2. The van der Waals surface area contributed by atoms with Gasteiger partial charge < -0.3 is 10.6 Å².